The molecular weight excluding hydrogens is 366 g/mol. The summed E-state index contributed by atoms with van der Waals surface area (Å²) in [6, 6.07) is 16.1. The number of rotatable bonds is 4. The Morgan fingerprint density at radius 1 is 1.03 bits per heavy atom. The Morgan fingerprint density at radius 2 is 1.69 bits per heavy atom. The molecular formula is C23H23N3O3. The molecule has 6 heteroatoms. The van der Waals surface area contributed by atoms with Crippen LogP contribution in [0.2, 0.25) is 0 Å². The molecule has 1 fully saturated rings. The summed E-state index contributed by atoms with van der Waals surface area (Å²) in [5.74, 6) is 0.0201. The summed E-state index contributed by atoms with van der Waals surface area (Å²) in [7, 11) is 0. The molecule has 1 aliphatic heterocycles. The molecule has 6 nitrogen and oxygen atoms in total. The third-order valence-electron chi connectivity index (χ3n) is 5.46. The first kappa shape index (κ1) is 18.9. The standard InChI is InChI=1S/C23H23N3O3/c1-15-2-4-16(5-3-15)20-14-21(25-24-20)23(29)26-12-10-18(11-13-26)22(28)17-6-8-19(27)9-7-17/h2-9,14,18,27H,10-13H2,1H3,(H,24,25). The van der Waals surface area contributed by atoms with Crippen molar-refractivity contribution in [2.75, 3.05) is 13.1 Å². The van der Waals surface area contributed by atoms with Gasteiger partial charge in [0.15, 0.2) is 5.78 Å². The van der Waals surface area contributed by atoms with E-state index in [-0.39, 0.29) is 23.4 Å². The van der Waals surface area contributed by atoms with Crippen LogP contribution in [0.3, 0.4) is 0 Å². The molecule has 0 unspecified atom stereocenters. The number of carbonyl (C=O) groups is 2. The predicted octanol–water partition coefficient (Wildman–Crippen LogP) is 3.83. The lowest BCUT2D eigenvalue weighted by molar-refractivity contribution is 0.0645. The smallest absolute Gasteiger partial charge is 0.271 e. The van der Waals surface area contributed by atoms with Gasteiger partial charge in [-0.15, -0.1) is 0 Å². The number of benzene rings is 2. The number of Topliss-reactive ketones (excluding diaryl/α,β-unsaturated/α-hetero) is 1. The number of ketones is 1. The van der Waals surface area contributed by atoms with E-state index in [4.69, 9.17) is 0 Å². The van der Waals surface area contributed by atoms with Crippen molar-refractivity contribution in [2.24, 2.45) is 5.92 Å². The Bertz CT molecular complexity index is 1010. The molecule has 148 valence electrons. The molecule has 4 rings (SSSR count). The van der Waals surface area contributed by atoms with Gasteiger partial charge in [0.05, 0.1) is 5.69 Å². The lowest BCUT2D eigenvalue weighted by Gasteiger charge is -2.31. The first-order valence-corrected chi connectivity index (χ1v) is 9.76. The highest BCUT2D eigenvalue weighted by atomic mass is 16.3. The van der Waals surface area contributed by atoms with Gasteiger partial charge in [-0.05, 0) is 50.1 Å². The third-order valence-corrected chi connectivity index (χ3v) is 5.46. The summed E-state index contributed by atoms with van der Waals surface area (Å²) >= 11 is 0. The second-order valence-corrected chi connectivity index (χ2v) is 7.51. The highest BCUT2D eigenvalue weighted by Gasteiger charge is 2.29. The van der Waals surface area contributed by atoms with E-state index in [9.17, 15) is 14.7 Å². The minimum Gasteiger partial charge on any atom is -0.508 e. The van der Waals surface area contributed by atoms with E-state index in [0.717, 1.165) is 11.3 Å². The van der Waals surface area contributed by atoms with Crippen LogP contribution in [0.4, 0.5) is 0 Å². The third kappa shape index (κ3) is 4.06. The first-order chi connectivity index (χ1) is 14.0. The molecule has 3 aromatic rings. The van der Waals surface area contributed by atoms with Crippen molar-refractivity contribution in [1.82, 2.24) is 15.1 Å². The van der Waals surface area contributed by atoms with Gasteiger partial charge in [0.2, 0.25) is 0 Å². The number of nitrogens with one attached hydrogen (secondary N) is 1. The number of piperidine rings is 1. The molecule has 29 heavy (non-hydrogen) atoms. The number of likely N-dealkylation sites (tertiary alicyclic amines) is 1. The van der Waals surface area contributed by atoms with Gasteiger partial charge >= 0.3 is 0 Å². The highest BCUT2D eigenvalue weighted by Crippen LogP contribution is 2.25. The molecule has 0 saturated carbocycles. The Labute approximate surface area is 169 Å². The molecule has 0 bridgehead atoms. The van der Waals surface area contributed by atoms with E-state index in [1.807, 2.05) is 31.2 Å². The lowest BCUT2D eigenvalue weighted by Crippen LogP contribution is -2.40. The SMILES string of the molecule is Cc1ccc(-c2cc(C(=O)N3CCC(C(=O)c4ccc(O)cc4)CC3)[nH]n2)cc1. The van der Waals surface area contributed by atoms with Gasteiger partial charge in [-0.1, -0.05) is 29.8 Å². The summed E-state index contributed by atoms with van der Waals surface area (Å²) in [6.45, 7) is 3.09. The van der Waals surface area contributed by atoms with Gasteiger partial charge in [-0.3, -0.25) is 14.7 Å². The number of hydrogen-bond acceptors (Lipinski definition) is 4. The van der Waals surface area contributed by atoms with Crippen LogP contribution in [0.25, 0.3) is 11.3 Å². The number of aromatic nitrogens is 2. The molecule has 1 saturated heterocycles. The second-order valence-electron chi connectivity index (χ2n) is 7.51. The molecule has 2 N–H and O–H groups in total. The Kier molecular flexibility index (Phi) is 5.16. The summed E-state index contributed by atoms with van der Waals surface area (Å²) in [6.07, 6.45) is 1.26. The molecule has 1 aliphatic rings. The zero-order chi connectivity index (χ0) is 20.4. The van der Waals surface area contributed by atoms with Crippen molar-refractivity contribution in [3.05, 3.63) is 71.4 Å². The van der Waals surface area contributed by atoms with Crippen molar-refractivity contribution in [3.63, 3.8) is 0 Å². The number of aromatic amines is 1. The fourth-order valence-corrected chi connectivity index (χ4v) is 3.68. The molecule has 0 atom stereocenters. The second kappa shape index (κ2) is 7.91. The van der Waals surface area contributed by atoms with Crippen molar-refractivity contribution >= 4 is 11.7 Å². The van der Waals surface area contributed by atoms with Crippen LogP contribution in [0.5, 0.6) is 5.75 Å². The van der Waals surface area contributed by atoms with Crippen LogP contribution in [0, 0.1) is 12.8 Å². The van der Waals surface area contributed by atoms with Gasteiger partial charge in [0.25, 0.3) is 5.91 Å². The molecule has 1 aromatic heterocycles. The number of amides is 1. The van der Waals surface area contributed by atoms with Gasteiger partial charge in [-0.2, -0.15) is 5.10 Å². The van der Waals surface area contributed by atoms with Crippen molar-refractivity contribution < 1.29 is 14.7 Å². The van der Waals surface area contributed by atoms with Crippen LogP contribution < -0.4 is 0 Å². The summed E-state index contributed by atoms with van der Waals surface area (Å²) in [5.41, 5.74) is 3.94. The maximum Gasteiger partial charge on any atom is 0.271 e. The van der Waals surface area contributed by atoms with Gasteiger partial charge in [0, 0.05) is 30.1 Å². The van der Waals surface area contributed by atoms with Crippen LogP contribution in [-0.2, 0) is 0 Å². The lowest BCUT2D eigenvalue weighted by atomic mass is 9.89. The maximum absolute atomic E-state index is 12.8. The summed E-state index contributed by atoms with van der Waals surface area (Å²) in [4.78, 5) is 27.2. The molecule has 1 amide bonds. The number of aromatic hydroxyl groups is 1. The van der Waals surface area contributed by atoms with E-state index in [0.29, 0.717) is 37.2 Å². The van der Waals surface area contributed by atoms with E-state index in [1.54, 1.807) is 23.1 Å². The maximum atomic E-state index is 12.8. The van der Waals surface area contributed by atoms with Gasteiger partial charge in [0.1, 0.15) is 11.4 Å². The normalized spacial score (nSPS) is 14.7. The van der Waals surface area contributed by atoms with Crippen molar-refractivity contribution in [1.29, 1.82) is 0 Å². The Balaban J connectivity index is 1.38. The quantitative estimate of drug-likeness (QED) is 0.664. The monoisotopic (exact) mass is 389 g/mol. The van der Waals surface area contributed by atoms with E-state index in [1.165, 1.54) is 17.7 Å². The summed E-state index contributed by atoms with van der Waals surface area (Å²) in [5, 5.41) is 16.5. The topological polar surface area (TPSA) is 86.3 Å². The van der Waals surface area contributed by atoms with Crippen LogP contribution in [0.15, 0.2) is 54.6 Å². The largest absolute Gasteiger partial charge is 0.508 e. The number of hydrogen-bond donors (Lipinski definition) is 2. The van der Waals surface area contributed by atoms with Gasteiger partial charge < -0.3 is 10.0 Å². The molecule has 0 spiro atoms. The minimum atomic E-state index is -0.103. The van der Waals surface area contributed by atoms with Crippen LogP contribution >= 0.6 is 0 Å². The molecule has 0 radical (unpaired) electrons. The van der Waals surface area contributed by atoms with Crippen LogP contribution in [-0.4, -0.2) is 45.0 Å². The highest BCUT2D eigenvalue weighted by molar-refractivity contribution is 5.98. The number of phenols is 1. The minimum absolute atomic E-state index is 0.0697. The van der Waals surface area contributed by atoms with Crippen LogP contribution in [0.1, 0.15) is 39.3 Å². The van der Waals surface area contributed by atoms with Crippen molar-refractivity contribution in [3.8, 4) is 17.0 Å². The average molecular weight is 389 g/mol. The number of H-pyrrole nitrogens is 1. The predicted molar refractivity (Wildman–Crippen MR) is 110 cm³/mol. The fourth-order valence-electron chi connectivity index (χ4n) is 3.68. The number of phenolic OH excluding ortho intramolecular Hbond substituents is 1. The number of aryl methyl sites for hydroxylation is 1. The molecule has 2 heterocycles. The fraction of sp³-hybridized carbons (Fsp3) is 0.261. The summed E-state index contributed by atoms with van der Waals surface area (Å²) < 4.78 is 0. The van der Waals surface area contributed by atoms with Crippen molar-refractivity contribution in [2.45, 2.75) is 19.8 Å². The van der Waals surface area contributed by atoms with Gasteiger partial charge in [-0.25, -0.2) is 0 Å². The average Bonchev–Trinajstić information content (AvgIpc) is 3.24. The van der Waals surface area contributed by atoms with E-state index in [2.05, 4.69) is 10.2 Å². The Hall–Kier alpha value is -3.41. The molecule has 0 aliphatic carbocycles. The number of carbonyl (C=O) groups excluding carboxylic acids is 2. The Morgan fingerprint density at radius 3 is 2.34 bits per heavy atom. The first-order valence-electron chi connectivity index (χ1n) is 9.76. The molecule has 2 aromatic carbocycles. The number of nitrogens with zero attached hydrogens (tertiary/aromatic N) is 2. The zero-order valence-corrected chi connectivity index (χ0v) is 16.3. The van der Waals surface area contributed by atoms with E-state index < -0.39 is 0 Å². The van der Waals surface area contributed by atoms with E-state index >= 15 is 0 Å². The zero-order valence-electron chi connectivity index (χ0n) is 16.3.